The zero-order valence-electron chi connectivity index (χ0n) is 11.3. The number of carbonyl (C=O) groups excluding carboxylic acids is 1. The van der Waals surface area contributed by atoms with Crippen molar-refractivity contribution in [2.75, 3.05) is 25.9 Å². The van der Waals surface area contributed by atoms with Gasteiger partial charge in [-0.2, -0.15) is 5.10 Å². The van der Waals surface area contributed by atoms with Gasteiger partial charge in [-0.05, 0) is 45.8 Å². The van der Waals surface area contributed by atoms with Crippen molar-refractivity contribution in [3.05, 3.63) is 11.4 Å². The Bertz CT molecular complexity index is 471. The van der Waals surface area contributed by atoms with Crippen LogP contribution in [0.3, 0.4) is 0 Å². The van der Waals surface area contributed by atoms with E-state index in [1.165, 1.54) is 0 Å². The van der Waals surface area contributed by atoms with Gasteiger partial charge < -0.3 is 16.0 Å². The standard InChI is InChI=1S/C13H21N5O/c1-18-6-4-9(5-7-18)15-13(19)12-10(14)11(16-17-12)8-2-3-8/h8-9H,2-7,14H2,1H3,(H,15,19)(H,16,17). The highest BCUT2D eigenvalue weighted by Crippen LogP contribution is 2.42. The van der Waals surface area contributed by atoms with Gasteiger partial charge in [-0.1, -0.05) is 0 Å². The van der Waals surface area contributed by atoms with Crippen molar-refractivity contribution in [3.63, 3.8) is 0 Å². The van der Waals surface area contributed by atoms with Crippen molar-refractivity contribution < 1.29 is 4.79 Å². The number of H-pyrrole nitrogens is 1. The SMILES string of the molecule is CN1CCC(NC(=O)c2n[nH]c(C3CC3)c2N)CC1. The van der Waals surface area contributed by atoms with E-state index in [4.69, 9.17) is 5.73 Å². The normalized spacial score (nSPS) is 21.5. The van der Waals surface area contributed by atoms with E-state index in [9.17, 15) is 4.79 Å². The van der Waals surface area contributed by atoms with Gasteiger partial charge in [-0.25, -0.2) is 0 Å². The molecule has 1 saturated carbocycles. The average Bonchev–Trinajstić information content (AvgIpc) is 3.15. The fourth-order valence-corrected chi connectivity index (χ4v) is 2.63. The maximum atomic E-state index is 12.2. The maximum Gasteiger partial charge on any atom is 0.274 e. The number of likely N-dealkylation sites (tertiary alicyclic amines) is 1. The number of nitrogens with two attached hydrogens (primary N) is 1. The molecule has 19 heavy (non-hydrogen) atoms. The van der Waals surface area contributed by atoms with E-state index >= 15 is 0 Å². The Morgan fingerprint density at radius 1 is 1.37 bits per heavy atom. The fourth-order valence-electron chi connectivity index (χ4n) is 2.63. The predicted octanol–water partition coefficient (Wildman–Crippen LogP) is 0.693. The van der Waals surface area contributed by atoms with Gasteiger partial charge >= 0.3 is 0 Å². The molecule has 1 amide bonds. The van der Waals surface area contributed by atoms with Gasteiger partial charge in [0.2, 0.25) is 0 Å². The molecule has 0 unspecified atom stereocenters. The molecule has 104 valence electrons. The van der Waals surface area contributed by atoms with E-state index in [1.54, 1.807) is 0 Å². The van der Waals surface area contributed by atoms with E-state index in [0.29, 0.717) is 17.3 Å². The molecule has 0 atom stereocenters. The molecule has 0 spiro atoms. The lowest BCUT2D eigenvalue weighted by atomic mass is 10.1. The molecular weight excluding hydrogens is 242 g/mol. The van der Waals surface area contributed by atoms with Crippen LogP contribution in [0.25, 0.3) is 0 Å². The van der Waals surface area contributed by atoms with Gasteiger partial charge in [0.15, 0.2) is 5.69 Å². The van der Waals surface area contributed by atoms with Gasteiger partial charge in [-0.15, -0.1) is 0 Å². The van der Waals surface area contributed by atoms with Gasteiger partial charge in [0.1, 0.15) is 0 Å². The highest BCUT2D eigenvalue weighted by atomic mass is 16.2. The van der Waals surface area contributed by atoms with Crippen LogP contribution in [0.5, 0.6) is 0 Å². The molecule has 3 rings (SSSR count). The Labute approximate surface area is 112 Å². The van der Waals surface area contributed by atoms with Crippen LogP contribution < -0.4 is 11.1 Å². The fraction of sp³-hybridized carbons (Fsp3) is 0.692. The second-order valence-corrected chi connectivity index (χ2v) is 5.72. The number of aromatic nitrogens is 2. The largest absolute Gasteiger partial charge is 0.395 e. The third-order valence-electron chi connectivity index (χ3n) is 4.09. The molecule has 0 radical (unpaired) electrons. The smallest absolute Gasteiger partial charge is 0.274 e. The summed E-state index contributed by atoms with van der Waals surface area (Å²) in [6.45, 7) is 2.04. The minimum absolute atomic E-state index is 0.143. The zero-order valence-corrected chi connectivity index (χ0v) is 11.3. The molecule has 1 aliphatic carbocycles. The third kappa shape index (κ3) is 2.58. The minimum Gasteiger partial charge on any atom is -0.395 e. The third-order valence-corrected chi connectivity index (χ3v) is 4.09. The molecule has 1 aromatic heterocycles. The molecule has 1 aromatic rings. The molecule has 6 heteroatoms. The summed E-state index contributed by atoms with van der Waals surface area (Å²) in [7, 11) is 2.10. The summed E-state index contributed by atoms with van der Waals surface area (Å²) in [4.78, 5) is 14.5. The Hall–Kier alpha value is -1.56. The van der Waals surface area contributed by atoms with Gasteiger partial charge in [0.05, 0.1) is 11.4 Å². The van der Waals surface area contributed by atoms with Crippen molar-refractivity contribution in [2.24, 2.45) is 0 Å². The Morgan fingerprint density at radius 3 is 2.68 bits per heavy atom. The van der Waals surface area contributed by atoms with Crippen molar-refractivity contribution in [2.45, 2.75) is 37.6 Å². The van der Waals surface area contributed by atoms with Crippen LogP contribution in [0.15, 0.2) is 0 Å². The molecule has 1 aliphatic heterocycles. The van der Waals surface area contributed by atoms with Crippen molar-refractivity contribution >= 4 is 11.6 Å². The van der Waals surface area contributed by atoms with Crippen LogP contribution in [-0.4, -0.2) is 47.2 Å². The first-order valence-electron chi connectivity index (χ1n) is 6.98. The number of aromatic amines is 1. The van der Waals surface area contributed by atoms with Crippen LogP contribution in [0.4, 0.5) is 5.69 Å². The van der Waals surface area contributed by atoms with Crippen molar-refractivity contribution in [1.82, 2.24) is 20.4 Å². The van der Waals surface area contributed by atoms with Gasteiger partial charge in [-0.3, -0.25) is 9.89 Å². The molecule has 0 bridgehead atoms. The molecule has 4 N–H and O–H groups in total. The summed E-state index contributed by atoms with van der Waals surface area (Å²) in [6, 6.07) is 0.240. The average molecular weight is 263 g/mol. The maximum absolute atomic E-state index is 12.2. The van der Waals surface area contributed by atoms with Crippen molar-refractivity contribution in [3.8, 4) is 0 Å². The minimum atomic E-state index is -0.143. The topological polar surface area (TPSA) is 87.0 Å². The lowest BCUT2D eigenvalue weighted by Crippen LogP contribution is -2.43. The van der Waals surface area contributed by atoms with Crippen LogP contribution in [0.1, 0.15) is 47.8 Å². The number of hydrogen-bond donors (Lipinski definition) is 3. The number of carbonyl (C=O) groups is 1. The molecule has 2 fully saturated rings. The quantitative estimate of drug-likeness (QED) is 0.749. The Kier molecular flexibility index (Phi) is 3.18. The molecule has 6 nitrogen and oxygen atoms in total. The van der Waals surface area contributed by atoms with Crippen LogP contribution in [0, 0.1) is 0 Å². The number of rotatable bonds is 3. The number of nitrogens with one attached hydrogen (secondary N) is 2. The van der Waals surface area contributed by atoms with Crippen molar-refractivity contribution in [1.29, 1.82) is 0 Å². The highest BCUT2D eigenvalue weighted by Gasteiger charge is 2.31. The van der Waals surface area contributed by atoms with E-state index in [2.05, 4.69) is 27.5 Å². The Balaban J connectivity index is 1.63. The first-order valence-corrected chi connectivity index (χ1v) is 6.98. The summed E-state index contributed by atoms with van der Waals surface area (Å²) < 4.78 is 0. The number of nitrogen functional groups attached to an aromatic ring is 1. The first kappa shape index (κ1) is 12.5. The summed E-state index contributed by atoms with van der Waals surface area (Å²) in [5.41, 5.74) is 7.84. The lowest BCUT2D eigenvalue weighted by molar-refractivity contribution is 0.0912. The molecule has 0 aromatic carbocycles. The predicted molar refractivity (Wildman–Crippen MR) is 73.0 cm³/mol. The van der Waals surface area contributed by atoms with Crippen LogP contribution >= 0.6 is 0 Å². The molecular formula is C13H21N5O. The molecule has 1 saturated heterocycles. The van der Waals surface area contributed by atoms with Crippen LogP contribution in [0.2, 0.25) is 0 Å². The Morgan fingerprint density at radius 2 is 2.05 bits per heavy atom. The number of hydrogen-bond acceptors (Lipinski definition) is 4. The monoisotopic (exact) mass is 263 g/mol. The van der Waals surface area contributed by atoms with Gasteiger partial charge in [0.25, 0.3) is 5.91 Å². The second-order valence-electron chi connectivity index (χ2n) is 5.72. The second kappa shape index (κ2) is 4.85. The molecule has 2 heterocycles. The summed E-state index contributed by atoms with van der Waals surface area (Å²) in [6.07, 6.45) is 4.26. The lowest BCUT2D eigenvalue weighted by Gasteiger charge is -2.29. The summed E-state index contributed by atoms with van der Waals surface area (Å²) in [5.74, 6) is 0.340. The number of piperidine rings is 1. The van der Waals surface area contributed by atoms with E-state index in [0.717, 1.165) is 44.5 Å². The highest BCUT2D eigenvalue weighted by molar-refractivity contribution is 5.97. The van der Waals surface area contributed by atoms with E-state index in [1.807, 2.05) is 0 Å². The molecule has 2 aliphatic rings. The summed E-state index contributed by atoms with van der Waals surface area (Å²) >= 11 is 0. The van der Waals surface area contributed by atoms with Gasteiger partial charge in [0, 0.05) is 12.0 Å². The summed E-state index contributed by atoms with van der Waals surface area (Å²) in [5, 5.41) is 10.0. The number of amides is 1. The number of nitrogens with zero attached hydrogens (tertiary/aromatic N) is 2. The first-order chi connectivity index (χ1) is 9.15. The van der Waals surface area contributed by atoms with Crippen LogP contribution in [-0.2, 0) is 0 Å². The number of anilines is 1. The zero-order chi connectivity index (χ0) is 13.4. The van der Waals surface area contributed by atoms with E-state index < -0.39 is 0 Å². The van der Waals surface area contributed by atoms with E-state index in [-0.39, 0.29) is 11.9 Å².